The van der Waals surface area contributed by atoms with Crippen LogP contribution in [-0.2, 0) is 6.42 Å². The van der Waals surface area contributed by atoms with Gasteiger partial charge in [0.25, 0.3) is 0 Å². The molecule has 30 heavy (non-hydrogen) atoms. The number of aromatic hydroxyl groups is 1. The second-order valence-electron chi connectivity index (χ2n) is 7.20. The number of hydrogen-bond acceptors (Lipinski definition) is 4. The van der Waals surface area contributed by atoms with Gasteiger partial charge < -0.3 is 5.11 Å². The van der Waals surface area contributed by atoms with E-state index in [0.717, 1.165) is 23.2 Å². The number of nitro groups is 1. The molecule has 0 aliphatic heterocycles. The summed E-state index contributed by atoms with van der Waals surface area (Å²) in [4.78, 5) is 15.4. The molecule has 1 atom stereocenters. The normalized spacial score (nSPS) is 12.2. The van der Waals surface area contributed by atoms with Gasteiger partial charge in [-0.25, -0.2) is 0 Å². The van der Waals surface area contributed by atoms with Crippen molar-refractivity contribution in [1.82, 2.24) is 0 Å². The molecule has 3 aromatic carbocycles. The summed E-state index contributed by atoms with van der Waals surface area (Å²) in [5, 5.41) is 22.5. The average molecular weight is 423 g/mol. The molecular formula is C24H23ClN2O3. The summed E-state index contributed by atoms with van der Waals surface area (Å²) in [5.41, 5.74) is 3.35. The molecule has 3 aromatic rings. The number of halogens is 1. The van der Waals surface area contributed by atoms with Gasteiger partial charge in [-0.3, -0.25) is 15.1 Å². The van der Waals surface area contributed by atoms with Crippen molar-refractivity contribution >= 4 is 29.2 Å². The molecule has 0 bridgehead atoms. The van der Waals surface area contributed by atoms with Gasteiger partial charge >= 0.3 is 5.69 Å². The van der Waals surface area contributed by atoms with Crippen molar-refractivity contribution in [3.63, 3.8) is 0 Å². The maximum atomic E-state index is 11.5. The molecule has 0 amide bonds. The van der Waals surface area contributed by atoms with E-state index < -0.39 is 10.7 Å². The molecule has 1 unspecified atom stereocenters. The van der Waals surface area contributed by atoms with Gasteiger partial charge in [-0.15, -0.1) is 0 Å². The van der Waals surface area contributed by atoms with E-state index in [0.29, 0.717) is 28.5 Å². The average Bonchev–Trinajstić information content (AvgIpc) is 2.74. The largest absolute Gasteiger partial charge is 0.502 e. The number of hydrogen-bond donors (Lipinski definition) is 1. The highest BCUT2D eigenvalue weighted by atomic mass is 35.5. The Morgan fingerprint density at radius 2 is 1.87 bits per heavy atom. The van der Waals surface area contributed by atoms with Crippen molar-refractivity contribution < 1.29 is 10.0 Å². The summed E-state index contributed by atoms with van der Waals surface area (Å²) >= 11 is 6.24. The fourth-order valence-electron chi connectivity index (χ4n) is 3.28. The van der Waals surface area contributed by atoms with Gasteiger partial charge in [-0.05, 0) is 53.6 Å². The number of phenols is 1. The molecule has 0 radical (unpaired) electrons. The summed E-state index contributed by atoms with van der Waals surface area (Å²) < 4.78 is 0. The predicted molar refractivity (Wildman–Crippen MR) is 121 cm³/mol. The van der Waals surface area contributed by atoms with Crippen LogP contribution in [0.4, 0.5) is 11.4 Å². The summed E-state index contributed by atoms with van der Waals surface area (Å²) in [6.45, 7) is 4.24. The first-order valence-corrected chi connectivity index (χ1v) is 10.1. The molecule has 0 saturated heterocycles. The Kier molecular flexibility index (Phi) is 6.85. The molecule has 0 aliphatic rings. The molecule has 0 fully saturated rings. The van der Waals surface area contributed by atoms with E-state index in [9.17, 15) is 15.2 Å². The minimum atomic E-state index is -0.587. The summed E-state index contributed by atoms with van der Waals surface area (Å²) in [7, 11) is 0. The number of benzene rings is 3. The Morgan fingerprint density at radius 3 is 2.57 bits per heavy atom. The third kappa shape index (κ3) is 4.86. The molecule has 3 rings (SSSR count). The SMILES string of the molecule is CCC(C)c1ccccc1N=Cc1cc(Cc2ccccc2Cl)cc([N+](=O)[O-])c1O. The molecule has 0 heterocycles. The molecular weight excluding hydrogens is 400 g/mol. The number of phenolic OH excluding ortho intramolecular Hbond substituents is 1. The Balaban J connectivity index is 2.02. The van der Waals surface area contributed by atoms with Gasteiger partial charge in [0.15, 0.2) is 0 Å². The van der Waals surface area contributed by atoms with Crippen LogP contribution in [0.1, 0.15) is 48.4 Å². The second kappa shape index (κ2) is 9.55. The van der Waals surface area contributed by atoms with E-state index in [-0.39, 0.29) is 5.69 Å². The molecule has 0 aromatic heterocycles. The van der Waals surface area contributed by atoms with Gasteiger partial charge in [0, 0.05) is 22.9 Å². The third-order valence-electron chi connectivity index (χ3n) is 5.15. The van der Waals surface area contributed by atoms with Crippen LogP contribution in [0.5, 0.6) is 5.75 Å². The fourth-order valence-corrected chi connectivity index (χ4v) is 3.49. The van der Waals surface area contributed by atoms with Gasteiger partial charge in [-0.1, -0.05) is 61.8 Å². The summed E-state index contributed by atoms with van der Waals surface area (Å²) in [6, 6.07) is 18.2. The van der Waals surface area contributed by atoms with Gasteiger partial charge in [-0.2, -0.15) is 0 Å². The molecule has 0 aliphatic carbocycles. The van der Waals surface area contributed by atoms with Crippen LogP contribution >= 0.6 is 11.6 Å². The highest BCUT2D eigenvalue weighted by Gasteiger charge is 2.19. The van der Waals surface area contributed by atoms with Crippen LogP contribution in [0, 0.1) is 10.1 Å². The third-order valence-corrected chi connectivity index (χ3v) is 5.52. The number of para-hydroxylation sites is 1. The van der Waals surface area contributed by atoms with Gasteiger partial charge in [0.1, 0.15) is 0 Å². The van der Waals surface area contributed by atoms with Crippen LogP contribution in [0.15, 0.2) is 65.7 Å². The minimum Gasteiger partial charge on any atom is -0.502 e. The Bertz CT molecular complexity index is 1100. The van der Waals surface area contributed by atoms with Crippen molar-refractivity contribution in [2.45, 2.75) is 32.6 Å². The highest BCUT2D eigenvalue weighted by molar-refractivity contribution is 6.31. The van der Waals surface area contributed by atoms with Crippen molar-refractivity contribution in [2.24, 2.45) is 4.99 Å². The highest BCUT2D eigenvalue weighted by Crippen LogP contribution is 2.33. The zero-order valence-electron chi connectivity index (χ0n) is 16.9. The lowest BCUT2D eigenvalue weighted by atomic mass is 9.97. The first-order valence-electron chi connectivity index (χ1n) is 9.77. The van der Waals surface area contributed by atoms with E-state index in [1.807, 2.05) is 42.5 Å². The Hall–Kier alpha value is -3.18. The molecule has 0 spiro atoms. The van der Waals surface area contributed by atoms with E-state index in [1.165, 1.54) is 12.3 Å². The maximum absolute atomic E-state index is 11.5. The predicted octanol–water partition coefficient (Wildman–Crippen LogP) is 6.81. The first kappa shape index (κ1) is 21.5. The first-order chi connectivity index (χ1) is 14.4. The van der Waals surface area contributed by atoms with Gasteiger partial charge in [0.05, 0.1) is 10.6 Å². The van der Waals surface area contributed by atoms with Crippen LogP contribution in [0.2, 0.25) is 5.02 Å². The standard InChI is InChI=1S/C24H23ClN2O3/c1-3-16(2)20-9-5-7-11-22(20)26-15-19-13-17(14-23(24(19)28)27(29)30)12-18-8-4-6-10-21(18)25/h4-11,13-16,28H,3,12H2,1-2H3. The van der Waals surface area contributed by atoms with Crippen molar-refractivity contribution in [3.8, 4) is 5.75 Å². The zero-order valence-corrected chi connectivity index (χ0v) is 17.6. The van der Waals surface area contributed by atoms with Crippen molar-refractivity contribution in [1.29, 1.82) is 0 Å². The lowest BCUT2D eigenvalue weighted by molar-refractivity contribution is -0.385. The smallest absolute Gasteiger partial charge is 0.311 e. The molecule has 1 N–H and O–H groups in total. The summed E-state index contributed by atoms with van der Waals surface area (Å²) in [5.74, 6) is -0.0690. The topological polar surface area (TPSA) is 75.7 Å². The van der Waals surface area contributed by atoms with E-state index >= 15 is 0 Å². The minimum absolute atomic E-state index is 0.296. The zero-order chi connectivity index (χ0) is 21.7. The lowest BCUT2D eigenvalue weighted by Gasteiger charge is -2.12. The van der Waals surface area contributed by atoms with E-state index in [2.05, 4.69) is 18.8 Å². The van der Waals surface area contributed by atoms with Crippen LogP contribution in [-0.4, -0.2) is 16.2 Å². The van der Waals surface area contributed by atoms with Crippen molar-refractivity contribution in [3.05, 3.63) is 98.1 Å². The number of nitrogens with zero attached hydrogens (tertiary/aromatic N) is 2. The second-order valence-corrected chi connectivity index (χ2v) is 7.61. The fraction of sp³-hybridized carbons (Fsp3) is 0.208. The van der Waals surface area contributed by atoms with E-state index in [4.69, 9.17) is 11.6 Å². The number of rotatable bonds is 7. The Morgan fingerprint density at radius 1 is 1.17 bits per heavy atom. The molecule has 154 valence electrons. The molecule has 5 nitrogen and oxygen atoms in total. The maximum Gasteiger partial charge on any atom is 0.311 e. The Labute approximate surface area is 180 Å². The monoisotopic (exact) mass is 422 g/mol. The van der Waals surface area contributed by atoms with E-state index in [1.54, 1.807) is 12.1 Å². The summed E-state index contributed by atoms with van der Waals surface area (Å²) in [6.07, 6.45) is 2.86. The number of nitro benzene ring substituents is 1. The number of aliphatic imine (C=N–C) groups is 1. The van der Waals surface area contributed by atoms with Crippen molar-refractivity contribution in [2.75, 3.05) is 0 Å². The lowest BCUT2D eigenvalue weighted by Crippen LogP contribution is -1.98. The molecule has 6 heteroatoms. The quantitative estimate of drug-likeness (QED) is 0.258. The molecule has 0 saturated carbocycles. The van der Waals surface area contributed by atoms with Gasteiger partial charge in [0.2, 0.25) is 5.75 Å². The van der Waals surface area contributed by atoms with Crippen LogP contribution < -0.4 is 0 Å². The van der Waals surface area contributed by atoms with Crippen LogP contribution in [0.25, 0.3) is 0 Å². The van der Waals surface area contributed by atoms with Crippen LogP contribution in [0.3, 0.4) is 0 Å².